The lowest BCUT2D eigenvalue weighted by Gasteiger charge is -2.02. The third-order valence-electron chi connectivity index (χ3n) is 1.51. The van der Waals surface area contributed by atoms with Gasteiger partial charge in [-0.25, -0.2) is 21.0 Å². The lowest BCUT2D eigenvalue weighted by Crippen LogP contribution is -2.26. The van der Waals surface area contributed by atoms with Crippen molar-refractivity contribution in [3.05, 3.63) is 0 Å². The molecule has 0 aromatic heterocycles. The van der Waals surface area contributed by atoms with E-state index in [2.05, 4.69) is 0 Å². The molecule has 0 amide bonds. The zero-order chi connectivity index (χ0) is 14.1. The number of rotatable bonds is 0. The Kier molecular flexibility index (Phi) is 8.09. The van der Waals surface area contributed by atoms with Crippen molar-refractivity contribution < 1.29 is 4.58 Å². The summed E-state index contributed by atoms with van der Waals surface area (Å²) in [5, 5.41) is 33.1. The maximum Gasteiger partial charge on any atom is 0.383 e. The molecule has 88 valence electrons. The van der Waals surface area contributed by atoms with E-state index in [0.29, 0.717) is 0 Å². The number of amidine groups is 1. The van der Waals surface area contributed by atoms with Gasteiger partial charge in [0.15, 0.2) is 0 Å². The molecule has 0 fully saturated rings. The Morgan fingerprint density at radius 1 is 1.00 bits per heavy atom. The van der Waals surface area contributed by atoms with Gasteiger partial charge in [-0.2, -0.15) is 0 Å². The van der Waals surface area contributed by atoms with E-state index in [0.717, 1.165) is 5.29 Å². The summed E-state index contributed by atoms with van der Waals surface area (Å²) >= 11 is 5.72. The molecule has 6 nitrogen and oxygen atoms in total. The van der Waals surface area contributed by atoms with Gasteiger partial charge in [0.1, 0.15) is 0 Å². The van der Waals surface area contributed by atoms with E-state index in [9.17, 15) is 0 Å². The van der Waals surface area contributed by atoms with Crippen LogP contribution in [-0.4, -0.2) is 49.1 Å². The third kappa shape index (κ3) is 6.05. The molecule has 0 atom stereocenters. The molecule has 0 saturated carbocycles. The molecule has 8 heteroatoms. The molecular weight excluding hydrogens is 238 g/mol. The molecule has 0 saturated heterocycles. The van der Waals surface area contributed by atoms with Crippen LogP contribution < -0.4 is 0 Å². The van der Waals surface area contributed by atoms with Crippen LogP contribution in [0.3, 0.4) is 0 Å². The molecule has 0 N–H and O–H groups in total. The molecule has 0 aromatic rings. The van der Waals surface area contributed by atoms with Gasteiger partial charge in [-0.05, 0) is 0 Å². The highest BCUT2D eigenvalue weighted by molar-refractivity contribution is 7.05. The zero-order valence-corrected chi connectivity index (χ0v) is 10.9. The summed E-state index contributed by atoms with van der Waals surface area (Å²) in [6.07, 6.45) is -2.72. The van der Waals surface area contributed by atoms with Crippen LogP contribution >= 0.6 is 11.6 Å². The minimum absolute atomic E-state index is 0.741. The summed E-state index contributed by atoms with van der Waals surface area (Å²) in [6.45, 7) is 0. The second-order valence-corrected chi connectivity index (χ2v) is 3.78. The molecule has 0 unspecified atom stereocenters. The van der Waals surface area contributed by atoms with Crippen LogP contribution in [-0.2, 0) is 0 Å². The second kappa shape index (κ2) is 8.00. The van der Waals surface area contributed by atoms with Crippen molar-refractivity contribution in [3.8, 4) is 23.9 Å². The highest BCUT2D eigenvalue weighted by Gasteiger charge is 2.22. The van der Waals surface area contributed by atoms with Crippen LogP contribution in [0.1, 0.15) is 0 Å². The Morgan fingerprint density at radius 2 is 1.29 bits per heavy atom. The number of hydrogen-bond acceptors (Lipinski definition) is 4. The smallest absolute Gasteiger partial charge is 0.257 e. The van der Waals surface area contributed by atoms with Gasteiger partial charge in [0.05, 0.1) is 28.2 Å². The first-order chi connectivity index (χ1) is 7.80. The van der Waals surface area contributed by atoms with E-state index in [-0.39, 0.29) is 0 Å². The summed E-state index contributed by atoms with van der Waals surface area (Å²) in [6, 6.07) is 0. The molecular formula is C9H12BClN6. The molecule has 0 spiro atoms. The standard InChI is InChI=1S/C5H12ClN2.C4BN4/c1-7(2)5(6)8(3)4;6-1-5(2-7,3-8)4-9/h1-4H3;/q+1;-1. The molecule has 0 aliphatic heterocycles. The summed E-state index contributed by atoms with van der Waals surface area (Å²) < 4.78 is 1.85. The molecule has 0 aliphatic carbocycles. The highest BCUT2D eigenvalue weighted by Crippen LogP contribution is 1.92. The Balaban J connectivity index is 0. The molecule has 0 heterocycles. The average molecular weight is 251 g/mol. The van der Waals surface area contributed by atoms with Crippen molar-refractivity contribution in [1.82, 2.24) is 4.90 Å². The van der Waals surface area contributed by atoms with Crippen LogP contribution in [0.5, 0.6) is 0 Å². The van der Waals surface area contributed by atoms with E-state index >= 15 is 0 Å². The summed E-state index contributed by atoms with van der Waals surface area (Å²) in [5.74, 6) is 5.38. The van der Waals surface area contributed by atoms with Gasteiger partial charge in [-0.3, -0.25) is 9.48 Å². The highest BCUT2D eigenvalue weighted by atomic mass is 35.5. The van der Waals surface area contributed by atoms with Crippen molar-refractivity contribution >= 4 is 23.0 Å². The van der Waals surface area contributed by atoms with Crippen molar-refractivity contribution in [1.29, 1.82) is 21.0 Å². The van der Waals surface area contributed by atoms with Crippen LogP contribution in [0.15, 0.2) is 0 Å². The van der Waals surface area contributed by atoms with Gasteiger partial charge in [0.25, 0.3) is 0 Å². The Hall–Kier alpha value is -2.22. The van der Waals surface area contributed by atoms with Gasteiger partial charge in [0, 0.05) is 11.6 Å². The van der Waals surface area contributed by atoms with Gasteiger partial charge in [-0.15, -0.1) is 23.9 Å². The van der Waals surface area contributed by atoms with Crippen molar-refractivity contribution in [2.75, 3.05) is 28.2 Å². The number of halogens is 1. The minimum atomic E-state index is -2.72. The van der Waals surface area contributed by atoms with Gasteiger partial charge >= 0.3 is 11.4 Å². The van der Waals surface area contributed by atoms with E-state index in [1.807, 2.05) is 37.7 Å². The van der Waals surface area contributed by atoms with E-state index in [4.69, 9.17) is 32.6 Å². The summed E-state index contributed by atoms with van der Waals surface area (Å²) in [4.78, 5) is 1.85. The molecule has 0 bridgehead atoms. The topological polar surface area (TPSA) is 101 Å². The monoisotopic (exact) mass is 250 g/mol. The fourth-order valence-electron chi connectivity index (χ4n) is 0.573. The third-order valence-corrected chi connectivity index (χ3v) is 2.19. The van der Waals surface area contributed by atoms with Crippen LogP contribution in [0.4, 0.5) is 0 Å². The Morgan fingerprint density at radius 3 is 1.29 bits per heavy atom. The summed E-state index contributed by atoms with van der Waals surface area (Å²) in [7, 11) is 7.62. The summed E-state index contributed by atoms with van der Waals surface area (Å²) in [5.41, 5.74) is 0. The molecule has 0 aromatic carbocycles. The number of nitrogens with zero attached hydrogens (tertiary/aromatic N) is 6. The largest absolute Gasteiger partial charge is 0.383 e. The van der Waals surface area contributed by atoms with Crippen molar-refractivity contribution in [3.63, 3.8) is 0 Å². The molecule has 0 radical (unpaired) electrons. The fraction of sp³-hybridized carbons (Fsp3) is 0.444. The van der Waals surface area contributed by atoms with Gasteiger partial charge < -0.3 is 0 Å². The molecule has 17 heavy (non-hydrogen) atoms. The lowest BCUT2D eigenvalue weighted by atomic mass is 9.30. The maximum absolute atomic E-state index is 8.09. The first kappa shape index (κ1) is 17.2. The van der Waals surface area contributed by atoms with Crippen molar-refractivity contribution in [2.24, 2.45) is 0 Å². The van der Waals surface area contributed by atoms with Crippen LogP contribution in [0.2, 0.25) is 0 Å². The quantitative estimate of drug-likeness (QED) is 0.199. The number of nitriles is 4. The predicted octanol–water partition coefficient (Wildman–Crippen LogP) is 0.101. The predicted molar refractivity (Wildman–Crippen MR) is 64.9 cm³/mol. The van der Waals surface area contributed by atoms with E-state index in [1.165, 1.54) is 23.9 Å². The van der Waals surface area contributed by atoms with Gasteiger partial charge in [-0.1, -0.05) is 0 Å². The SMILES string of the molecule is CN(C)C(Cl)=[N+](C)C.N#C[B-](C#N)(C#N)C#N. The fourth-order valence-corrected chi connectivity index (χ4v) is 0.573. The first-order valence-corrected chi connectivity index (χ1v) is 4.85. The van der Waals surface area contributed by atoms with Crippen LogP contribution in [0.25, 0.3) is 0 Å². The lowest BCUT2D eigenvalue weighted by molar-refractivity contribution is -0.466. The van der Waals surface area contributed by atoms with Crippen molar-refractivity contribution in [2.45, 2.75) is 0 Å². The van der Waals surface area contributed by atoms with E-state index < -0.39 is 6.15 Å². The Bertz CT molecular complexity index is 390. The second-order valence-electron chi connectivity index (χ2n) is 3.44. The van der Waals surface area contributed by atoms with Gasteiger partial charge in [0.2, 0.25) is 0 Å². The zero-order valence-electron chi connectivity index (χ0n) is 10.1. The molecule has 0 aliphatic rings. The van der Waals surface area contributed by atoms with E-state index in [1.54, 1.807) is 0 Å². The molecule has 0 rings (SSSR count). The first-order valence-electron chi connectivity index (χ1n) is 4.47. The maximum atomic E-state index is 8.09. The van der Waals surface area contributed by atoms with Crippen LogP contribution in [0, 0.1) is 44.9 Å². The minimum Gasteiger partial charge on any atom is -0.257 e. The Labute approximate surface area is 106 Å². The normalized spacial score (nSPS) is 8.06. The number of hydrogen-bond donors (Lipinski definition) is 0. The average Bonchev–Trinajstić information content (AvgIpc) is 2.32.